The van der Waals surface area contributed by atoms with E-state index in [-0.39, 0.29) is 5.97 Å². The van der Waals surface area contributed by atoms with Crippen molar-refractivity contribution in [2.45, 2.75) is 13.8 Å². The molecule has 0 aromatic heterocycles. The topological polar surface area (TPSA) is 35.5 Å². The fourth-order valence-electron chi connectivity index (χ4n) is 0.319. The number of ether oxygens (including phenoxy) is 2. The van der Waals surface area contributed by atoms with E-state index in [9.17, 15) is 4.79 Å². The molecule has 0 radical (unpaired) electrons. The van der Waals surface area contributed by atoms with Gasteiger partial charge in [0.2, 0.25) is 0 Å². The van der Waals surface area contributed by atoms with Crippen molar-refractivity contribution in [2.24, 2.45) is 0 Å². The highest BCUT2D eigenvalue weighted by Crippen LogP contribution is 1.70. The second-order valence-corrected chi connectivity index (χ2v) is 1.72. The molecule has 0 heterocycles. The molecule has 12 heavy (non-hydrogen) atoms. The minimum absolute atomic E-state index is 0.329. The van der Waals surface area contributed by atoms with Gasteiger partial charge in [-0.1, -0.05) is 12.7 Å². The molecule has 0 saturated carbocycles. The largest absolute Gasteiger partial charge is 0.435 e. The van der Waals surface area contributed by atoms with Gasteiger partial charge in [-0.15, -0.1) is 6.58 Å². The van der Waals surface area contributed by atoms with Crippen molar-refractivity contribution in [3.63, 3.8) is 0 Å². The summed E-state index contributed by atoms with van der Waals surface area (Å²) >= 11 is 0. The summed E-state index contributed by atoms with van der Waals surface area (Å²) in [5.74, 6) is -0.329. The van der Waals surface area contributed by atoms with Gasteiger partial charge in [-0.2, -0.15) is 0 Å². The van der Waals surface area contributed by atoms with Gasteiger partial charge in [0.1, 0.15) is 0 Å². The SMILES string of the molecule is C=CCOCC.C=COC(C)=O. The molecule has 3 nitrogen and oxygen atoms in total. The van der Waals surface area contributed by atoms with Crippen LogP contribution in [0.2, 0.25) is 0 Å². The highest BCUT2D eigenvalue weighted by atomic mass is 16.5. The third-order valence-electron chi connectivity index (χ3n) is 0.689. The highest BCUT2D eigenvalue weighted by Gasteiger charge is 1.79. The zero-order valence-electron chi connectivity index (χ0n) is 7.71. The van der Waals surface area contributed by atoms with Gasteiger partial charge >= 0.3 is 5.97 Å². The highest BCUT2D eigenvalue weighted by molar-refractivity contribution is 5.66. The van der Waals surface area contributed by atoms with Crippen molar-refractivity contribution in [3.8, 4) is 0 Å². The number of hydrogen-bond acceptors (Lipinski definition) is 3. The van der Waals surface area contributed by atoms with Crippen LogP contribution >= 0.6 is 0 Å². The van der Waals surface area contributed by atoms with E-state index in [0.29, 0.717) is 6.61 Å². The molecule has 0 rings (SSSR count). The summed E-state index contributed by atoms with van der Waals surface area (Å²) < 4.78 is 9.03. The molecular weight excluding hydrogens is 156 g/mol. The lowest BCUT2D eigenvalue weighted by molar-refractivity contribution is -0.135. The van der Waals surface area contributed by atoms with Crippen LogP contribution < -0.4 is 0 Å². The molecule has 0 aliphatic heterocycles. The monoisotopic (exact) mass is 172 g/mol. The Morgan fingerprint density at radius 1 is 1.50 bits per heavy atom. The summed E-state index contributed by atoms with van der Waals surface area (Å²) in [6.07, 6.45) is 2.84. The van der Waals surface area contributed by atoms with Crippen LogP contribution in [-0.2, 0) is 14.3 Å². The molecule has 0 unspecified atom stereocenters. The van der Waals surface area contributed by atoms with Gasteiger partial charge in [0, 0.05) is 13.5 Å². The van der Waals surface area contributed by atoms with Crippen LogP contribution in [0.4, 0.5) is 0 Å². The Labute approximate surface area is 73.7 Å². The lowest BCUT2D eigenvalue weighted by atomic mass is 10.7. The molecule has 3 heteroatoms. The van der Waals surface area contributed by atoms with Crippen molar-refractivity contribution in [1.29, 1.82) is 0 Å². The average molecular weight is 172 g/mol. The first kappa shape index (κ1) is 13.5. The number of hydrogen-bond donors (Lipinski definition) is 0. The Bertz CT molecular complexity index is 130. The summed E-state index contributed by atoms with van der Waals surface area (Å²) in [5.41, 5.74) is 0. The second-order valence-electron chi connectivity index (χ2n) is 1.72. The third-order valence-corrected chi connectivity index (χ3v) is 0.689. The molecule has 0 aliphatic carbocycles. The van der Waals surface area contributed by atoms with Crippen LogP contribution in [0.15, 0.2) is 25.5 Å². The van der Waals surface area contributed by atoms with E-state index in [0.717, 1.165) is 12.9 Å². The van der Waals surface area contributed by atoms with Crippen LogP contribution in [0.1, 0.15) is 13.8 Å². The van der Waals surface area contributed by atoms with E-state index in [1.54, 1.807) is 6.08 Å². The maximum atomic E-state index is 9.75. The van der Waals surface area contributed by atoms with Crippen LogP contribution in [0.5, 0.6) is 0 Å². The van der Waals surface area contributed by atoms with Crippen LogP contribution in [-0.4, -0.2) is 19.2 Å². The average Bonchev–Trinajstić information content (AvgIpc) is 2.02. The van der Waals surface area contributed by atoms with Gasteiger partial charge in [0.05, 0.1) is 12.9 Å². The minimum atomic E-state index is -0.329. The maximum absolute atomic E-state index is 9.75. The molecule has 0 amide bonds. The normalized spacial score (nSPS) is 7.50. The van der Waals surface area contributed by atoms with E-state index in [1.807, 2.05) is 6.92 Å². The van der Waals surface area contributed by atoms with E-state index >= 15 is 0 Å². The molecule has 0 aromatic carbocycles. The Morgan fingerprint density at radius 3 is 2.17 bits per heavy atom. The minimum Gasteiger partial charge on any atom is -0.435 e. The van der Waals surface area contributed by atoms with Gasteiger partial charge in [0.25, 0.3) is 0 Å². The third kappa shape index (κ3) is 23.1. The fourth-order valence-corrected chi connectivity index (χ4v) is 0.319. The maximum Gasteiger partial charge on any atom is 0.307 e. The smallest absolute Gasteiger partial charge is 0.307 e. The first-order valence-electron chi connectivity index (χ1n) is 3.65. The van der Waals surface area contributed by atoms with Gasteiger partial charge < -0.3 is 9.47 Å². The van der Waals surface area contributed by atoms with Gasteiger partial charge in [0.15, 0.2) is 0 Å². The second kappa shape index (κ2) is 12.6. The zero-order valence-corrected chi connectivity index (χ0v) is 7.71. The Morgan fingerprint density at radius 2 is 2.08 bits per heavy atom. The summed E-state index contributed by atoms with van der Waals surface area (Å²) in [7, 11) is 0. The van der Waals surface area contributed by atoms with Gasteiger partial charge in [-0.3, -0.25) is 4.79 Å². The summed E-state index contributed by atoms with van der Waals surface area (Å²) in [6.45, 7) is 11.4. The molecule has 0 atom stereocenters. The predicted molar refractivity (Wildman–Crippen MR) is 48.7 cm³/mol. The molecule has 0 spiro atoms. The zero-order chi connectivity index (χ0) is 9.82. The van der Waals surface area contributed by atoms with E-state index in [1.165, 1.54) is 6.92 Å². The standard InChI is InChI=1S/C5H10O.C4H6O2/c1-3-5-6-4-2;1-3-6-4(2)5/h3H,1,4-5H2,2H3;3H,1H2,2H3. The van der Waals surface area contributed by atoms with Gasteiger partial charge in [-0.25, -0.2) is 0 Å². The molecule has 0 aromatic rings. The summed E-state index contributed by atoms with van der Waals surface area (Å²) in [6, 6.07) is 0. The lowest BCUT2D eigenvalue weighted by Gasteiger charge is -1.88. The summed E-state index contributed by atoms with van der Waals surface area (Å²) in [5, 5.41) is 0. The van der Waals surface area contributed by atoms with Gasteiger partial charge in [-0.05, 0) is 6.92 Å². The molecule has 0 fully saturated rings. The molecule has 0 aliphatic rings. The van der Waals surface area contributed by atoms with E-state index in [2.05, 4.69) is 17.9 Å². The Kier molecular flexibility index (Phi) is 14.1. The van der Waals surface area contributed by atoms with Crippen molar-refractivity contribution in [2.75, 3.05) is 13.2 Å². The van der Waals surface area contributed by atoms with Crippen LogP contribution in [0, 0.1) is 0 Å². The molecule has 70 valence electrons. The molecular formula is C9H16O3. The lowest BCUT2D eigenvalue weighted by Crippen LogP contribution is -1.87. The van der Waals surface area contributed by atoms with Crippen molar-refractivity contribution in [3.05, 3.63) is 25.5 Å². The number of carbonyl (C=O) groups is 1. The fraction of sp³-hybridized carbons (Fsp3) is 0.444. The molecule has 0 N–H and O–H groups in total. The molecule has 0 saturated heterocycles. The summed E-state index contributed by atoms with van der Waals surface area (Å²) in [4.78, 5) is 9.75. The number of rotatable bonds is 4. The first-order valence-corrected chi connectivity index (χ1v) is 3.65. The van der Waals surface area contributed by atoms with Crippen molar-refractivity contribution >= 4 is 5.97 Å². The Balaban J connectivity index is 0. The van der Waals surface area contributed by atoms with Crippen LogP contribution in [0.25, 0.3) is 0 Å². The van der Waals surface area contributed by atoms with Crippen LogP contribution in [0.3, 0.4) is 0 Å². The van der Waals surface area contributed by atoms with E-state index < -0.39 is 0 Å². The van der Waals surface area contributed by atoms with E-state index in [4.69, 9.17) is 4.74 Å². The number of carbonyl (C=O) groups excluding carboxylic acids is 1. The quantitative estimate of drug-likeness (QED) is 0.281. The first-order chi connectivity index (χ1) is 5.68. The van der Waals surface area contributed by atoms with Crippen molar-refractivity contribution < 1.29 is 14.3 Å². The molecule has 0 bridgehead atoms. The predicted octanol–water partition coefficient (Wildman–Crippen LogP) is 1.90. The Hall–Kier alpha value is -1.09. The number of esters is 1. The van der Waals surface area contributed by atoms with Crippen molar-refractivity contribution in [1.82, 2.24) is 0 Å².